The number of carboxylic acid groups (broad SMARTS) is 1. The minimum Gasteiger partial charge on any atom is -0.548 e. The molecule has 0 aromatic rings. The summed E-state index contributed by atoms with van der Waals surface area (Å²) < 4.78 is 4.76. The van der Waals surface area contributed by atoms with Crippen molar-refractivity contribution < 1.29 is 19.4 Å². The fourth-order valence-corrected chi connectivity index (χ4v) is 2.80. The number of carbonyl (C=O) groups is 2. The Morgan fingerprint density at radius 3 is 1.81 bits per heavy atom. The molecule has 1 amide bonds. The van der Waals surface area contributed by atoms with Crippen molar-refractivity contribution in [2.45, 2.75) is 76.7 Å². The molecule has 0 saturated heterocycles. The molecule has 0 spiro atoms. The van der Waals surface area contributed by atoms with Crippen LogP contribution in [-0.2, 0) is 14.3 Å². The summed E-state index contributed by atoms with van der Waals surface area (Å²) >= 11 is 0. The molecule has 0 aromatic heterocycles. The van der Waals surface area contributed by atoms with Crippen molar-refractivity contribution in [2.24, 2.45) is 0 Å². The maximum absolute atomic E-state index is 11.7. The van der Waals surface area contributed by atoms with E-state index >= 15 is 0 Å². The lowest BCUT2D eigenvalue weighted by molar-refractivity contribution is -0.309. The number of nitrogens with one attached hydrogen (secondary N) is 1. The molecule has 0 atom stereocenters. The van der Waals surface area contributed by atoms with Crippen molar-refractivity contribution in [2.75, 3.05) is 13.2 Å². The summed E-state index contributed by atoms with van der Waals surface area (Å²) in [6.07, 6.45) is 13.3. The Bertz CT molecular complexity index is 295. The molecule has 1 fully saturated rings. The van der Waals surface area contributed by atoms with Crippen LogP contribution in [0.15, 0.2) is 0 Å². The van der Waals surface area contributed by atoms with Crippen molar-refractivity contribution in [3.05, 3.63) is 0 Å². The molecule has 1 aliphatic rings. The topological polar surface area (TPSA) is 78.5 Å². The van der Waals surface area contributed by atoms with Crippen LogP contribution in [-0.4, -0.2) is 31.1 Å². The molecular weight excluding hydrogens is 270 g/mol. The molecule has 0 radical (unpaired) electrons. The van der Waals surface area contributed by atoms with E-state index in [9.17, 15) is 14.7 Å². The van der Waals surface area contributed by atoms with E-state index in [-0.39, 0.29) is 18.6 Å². The fraction of sp³-hybridized carbons (Fsp3) is 0.875. The van der Waals surface area contributed by atoms with Crippen molar-refractivity contribution in [1.29, 1.82) is 0 Å². The summed E-state index contributed by atoms with van der Waals surface area (Å²) in [5, 5.41) is 13.2. The number of amides is 1. The Kier molecular flexibility index (Phi) is 9.87. The second-order valence-electron chi connectivity index (χ2n) is 5.89. The summed E-state index contributed by atoms with van der Waals surface area (Å²) in [6.45, 7) is -0.734. The smallest absolute Gasteiger partial charge is 0.246 e. The number of hydrogen-bond acceptors (Lipinski definition) is 4. The highest BCUT2D eigenvalue weighted by Gasteiger charge is 2.12. The van der Waals surface area contributed by atoms with Crippen LogP contribution < -0.4 is 10.4 Å². The van der Waals surface area contributed by atoms with Crippen LogP contribution in [0.3, 0.4) is 0 Å². The van der Waals surface area contributed by atoms with E-state index in [4.69, 9.17) is 4.74 Å². The third kappa shape index (κ3) is 10.3. The minimum atomic E-state index is -1.30. The van der Waals surface area contributed by atoms with Gasteiger partial charge in [0.1, 0.15) is 6.61 Å². The van der Waals surface area contributed by atoms with Crippen LogP contribution >= 0.6 is 0 Å². The summed E-state index contributed by atoms with van der Waals surface area (Å²) in [6, 6.07) is 0.198. The van der Waals surface area contributed by atoms with Crippen molar-refractivity contribution in [3.8, 4) is 0 Å². The van der Waals surface area contributed by atoms with Gasteiger partial charge in [0.15, 0.2) is 0 Å². The third-order valence-corrected chi connectivity index (χ3v) is 3.92. The highest BCUT2D eigenvalue weighted by Crippen LogP contribution is 2.16. The first-order valence-corrected chi connectivity index (χ1v) is 8.25. The lowest BCUT2D eigenvalue weighted by atomic mass is 9.98. The van der Waals surface area contributed by atoms with Gasteiger partial charge in [0.25, 0.3) is 0 Å². The molecule has 5 nitrogen and oxygen atoms in total. The van der Waals surface area contributed by atoms with Crippen molar-refractivity contribution in [3.63, 3.8) is 0 Å². The van der Waals surface area contributed by atoms with Gasteiger partial charge in [0.2, 0.25) is 5.91 Å². The average molecular weight is 298 g/mol. The summed E-state index contributed by atoms with van der Waals surface area (Å²) in [5.74, 6) is -1.53. The summed E-state index contributed by atoms with van der Waals surface area (Å²) in [5.41, 5.74) is 0. The first kappa shape index (κ1) is 18.0. The van der Waals surface area contributed by atoms with Crippen molar-refractivity contribution >= 4 is 11.9 Å². The van der Waals surface area contributed by atoms with Crippen LogP contribution in [0.2, 0.25) is 0 Å². The van der Waals surface area contributed by atoms with Gasteiger partial charge < -0.3 is 20.0 Å². The summed E-state index contributed by atoms with van der Waals surface area (Å²) in [7, 11) is 0. The van der Waals surface area contributed by atoms with E-state index in [0.717, 1.165) is 25.7 Å². The zero-order chi connectivity index (χ0) is 15.3. The highest BCUT2D eigenvalue weighted by molar-refractivity contribution is 5.77. The number of ether oxygens (including phenoxy) is 1. The standard InChI is InChI=1S/C16H29NO4/c18-15(12-21-13-16(19)20)17-14-10-8-6-4-2-1-3-5-7-9-11-14/h14H,1-13H2,(H,17,18)(H,19,20)/p-1. The Morgan fingerprint density at radius 1 is 0.857 bits per heavy atom. The van der Waals surface area contributed by atoms with Crippen LogP contribution in [0.1, 0.15) is 70.6 Å². The predicted molar refractivity (Wildman–Crippen MR) is 78.5 cm³/mol. The largest absolute Gasteiger partial charge is 0.548 e. The molecule has 0 aromatic carbocycles. The third-order valence-electron chi connectivity index (χ3n) is 3.92. The zero-order valence-electron chi connectivity index (χ0n) is 12.9. The van der Waals surface area contributed by atoms with Gasteiger partial charge in [-0.05, 0) is 12.8 Å². The molecule has 0 heterocycles. The summed E-state index contributed by atoms with van der Waals surface area (Å²) in [4.78, 5) is 21.9. The van der Waals surface area contributed by atoms with Gasteiger partial charge in [0.05, 0.1) is 12.6 Å². The number of aliphatic carboxylic acids is 1. The second-order valence-corrected chi connectivity index (χ2v) is 5.89. The second kappa shape index (κ2) is 11.5. The molecule has 122 valence electrons. The van der Waals surface area contributed by atoms with Gasteiger partial charge in [0, 0.05) is 6.04 Å². The lowest BCUT2D eigenvalue weighted by Crippen LogP contribution is -2.38. The molecule has 1 N–H and O–H groups in total. The van der Waals surface area contributed by atoms with Crippen LogP contribution in [0, 0.1) is 0 Å². The Hall–Kier alpha value is -1.10. The maximum atomic E-state index is 11.7. The van der Waals surface area contributed by atoms with Gasteiger partial charge in [-0.25, -0.2) is 0 Å². The van der Waals surface area contributed by atoms with Crippen LogP contribution in [0.25, 0.3) is 0 Å². The molecule has 1 rings (SSSR count). The minimum absolute atomic E-state index is 0.198. The SMILES string of the molecule is O=C([O-])COCC(=O)NC1CCCCCCCCCCC1. The van der Waals surface area contributed by atoms with Crippen LogP contribution in [0.5, 0.6) is 0 Å². The number of hydrogen-bond donors (Lipinski definition) is 1. The van der Waals surface area contributed by atoms with E-state index in [1.165, 1.54) is 44.9 Å². The Balaban J connectivity index is 2.26. The van der Waals surface area contributed by atoms with E-state index in [2.05, 4.69) is 5.32 Å². The van der Waals surface area contributed by atoms with E-state index in [1.807, 2.05) is 0 Å². The molecule has 0 aliphatic heterocycles. The van der Waals surface area contributed by atoms with E-state index in [1.54, 1.807) is 0 Å². The Labute approximate surface area is 127 Å². The van der Waals surface area contributed by atoms with Crippen LogP contribution in [0.4, 0.5) is 0 Å². The lowest BCUT2D eigenvalue weighted by Gasteiger charge is -2.19. The monoisotopic (exact) mass is 298 g/mol. The van der Waals surface area contributed by atoms with Crippen molar-refractivity contribution in [1.82, 2.24) is 5.32 Å². The van der Waals surface area contributed by atoms with Gasteiger partial charge >= 0.3 is 0 Å². The zero-order valence-corrected chi connectivity index (χ0v) is 12.9. The molecule has 0 unspecified atom stereocenters. The van der Waals surface area contributed by atoms with Gasteiger partial charge in [-0.15, -0.1) is 0 Å². The molecule has 1 saturated carbocycles. The molecule has 0 bridgehead atoms. The van der Waals surface area contributed by atoms with Gasteiger partial charge in [-0.3, -0.25) is 4.79 Å². The average Bonchev–Trinajstić information content (AvgIpc) is 2.41. The molecule has 1 aliphatic carbocycles. The fourth-order valence-electron chi connectivity index (χ4n) is 2.80. The molecule has 21 heavy (non-hydrogen) atoms. The Morgan fingerprint density at radius 2 is 1.33 bits per heavy atom. The van der Waals surface area contributed by atoms with E-state index < -0.39 is 12.6 Å². The first-order valence-electron chi connectivity index (χ1n) is 8.25. The number of rotatable bonds is 5. The number of carboxylic acids is 1. The molecular formula is C16H28NO4-. The first-order chi connectivity index (χ1) is 10.2. The highest BCUT2D eigenvalue weighted by atomic mass is 16.5. The predicted octanol–water partition coefficient (Wildman–Crippen LogP) is 1.54. The molecule has 5 heteroatoms. The quantitative estimate of drug-likeness (QED) is 0.835. The van der Waals surface area contributed by atoms with Gasteiger partial charge in [-0.1, -0.05) is 57.8 Å². The van der Waals surface area contributed by atoms with E-state index in [0.29, 0.717) is 0 Å². The van der Waals surface area contributed by atoms with Gasteiger partial charge in [-0.2, -0.15) is 0 Å². The normalized spacial score (nSPS) is 19.2. The number of carbonyl (C=O) groups excluding carboxylic acids is 2. The maximum Gasteiger partial charge on any atom is 0.246 e.